The quantitative estimate of drug-likeness (QED) is 0.848. The summed E-state index contributed by atoms with van der Waals surface area (Å²) in [6.45, 7) is 6.82. The van der Waals surface area contributed by atoms with Crippen LogP contribution in [0.1, 0.15) is 45.3 Å². The van der Waals surface area contributed by atoms with Crippen molar-refractivity contribution in [3.05, 3.63) is 28.2 Å². The molecule has 1 atom stereocenters. The first-order valence-electron chi connectivity index (χ1n) is 6.18. The highest BCUT2D eigenvalue weighted by atomic mass is 79.9. The predicted molar refractivity (Wildman–Crippen MR) is 74.3 cm³/mol. The first-order chi connectivity index (χ1) is 8.08. The summed E-state index contributed by atoms with van der Waals surface area (Å²) in [5.41, 5.74) is 0.846. The molecule has 0 radical (unpaired) electrons. The summed E-state index contributed by atoms with van der Waals surface area (Å²) in [6.07, 6.45) is 1.74. The summed E-state index contributed by atoms with van der Waals surface area (Å²) < 4.78 is 6.81. The van der Waals surface area contributed by atoms with Crippen LogP contribution in [0.3, 0.4) is 0 Å². The molecule has 0 heterocycles. The van der Waals surface area contributed by atoms with Gasteiger partial charge in [0.05, 0.1) is 12.7 Å². The molecule has 1 unspecified atom stereocenters. The number of halogens is 1. The molecule has 0 fully saturated rings. The fourth-order valence-electron chi connectivity index (χ4n) is 1.71. The van der Waals surface area contributed by atoms with Gasteiger partial charge in [0.25, 0.3) is 0 Å². The first kappa shape index (κ1) is 14.5. The van der Waals surface area contributed by atoms with Crippen molar-refractivity contribution in [2.75, 3.05) is 6.61 Å². The van der Waals surface area contributed by atoms with Crippen LogP contribution >= 0.6 is 15.9 Å². The third-order valence-corrected chi connectivity index (χ3v) is 3.55. The number of benzene rings is 1. The van der Waals surface area contributed by atoms with E-state index in [2.05, 4.69) is 29.8 Å². The molecule has 1 N–H and O–H groups in total. The minimum absolute atomic E-state index is 0.500. The summed E-state index contributed by atoms with van der Waals surface area (Å²) in [5, 5.41) is 9.68. The van der Waals surface area contributed by atoms with Crippen LogP contribution in [0.5, 0.6) is 5.75 Å². The van der Waals surface area contributed by atoms with E-state index in [0.717, 1.165) is 28.6 Å². The molecule has 96 valence electrons. The van der Waals surface area contributed by atoms with Gasteiger partial charge < -0.3 is 9.84 Å². The highest BCUT2D eigenvalue weighted by molar-refractivity contribution is 9.10. The molecule has 17 heavy (non-hydrogen) atoms. The van der Waals surface area contributed by atoms with Gasteiger partial charge in [-0.15, -0.1) is 0 Å². The Hall–Kier alpha value is -0.540. The zero-order valence-corrected chi connectivity index (χ0v) is 12.3. The van der Waals surface area contributed by atoms with Gasteiger partial charge >= 0.3 is 0 Å². The molecule has 0 aliphatic heterocycles. The lowest BCUT2D eigenvalue weighted by atomic mass is 10.1. The highest BCUT2D eigenvalue weighted by Crippen LogP contribution is 2.29. The van der Waals surface area contributed by atoms with Gasteiger partial charge in [-0.25, -0.2) is 0 Å². The lowest BCUT2D eigenvalue weighted by molar-refractivity contribution is 0.184. The van der Waals surface area contributed by atoms with E-state index in [1.54, 1.807) is 6.92 Å². The minimum Gasteiger partial charge on any atom is -0.493 e. The van der Waals surface area contributed by atoms with Crippen molar-refractivity contribution in [2.45, 2.75) is 39.7 Å². The summed E-state index contributed by atoms with van der Waals surface area (Å²) in [5.74, 6) is 1.36. The van der Waals surface area contributed by atoms with Crippen LogP contribution in [-0.2, 0) is 0 Å². The van der Waals surface area contributed by atoms with Crippen molar-refractivity contribution in [2.24, 2.45) is 5.92 Å². The predicted octanol–water partition coefficient (Wildman–Crippen LogP) is 4.32. The molecule has 0 saturated heterocycles. The number of rotatable bonds is 6. The molecule has 1 aromatic carbocycles. The standard InChI is InChI=1S/C14H21BrO2/c1-4-11(5-2)9-17-14-8-12(15)6-7-13(14)10(3)16/h6-8,10-11,16H,4-5,9H2,1-3H3. The van der Waals surface area contributed by atoms with Crippen molar-refractivity contribution in [1.82, 2.24) is 0 Å². The lowest BCUT2D eigenvalue weighted by Gasteiger charge is -2.17. The zero-order chi connectivity index (χ0) is 12.8. The molecular weight excluding hydrogens is 280 g/mol. The summed E-state index contributed by atoms with van der Waals surface area (Å²) in [4.78, 5) is 0. The minimum atomic E-state index is -0.500. The van der Waals surface area contributed by atoms with Gasteiger partial charge in [0.1, 0.15) is 5.75 Å². The normalized spacial score (nSPS) is 12.8. The van der Waals surface area contributed by atoms with Crippen LogP contribution in [0.15, 0.2) is 22.7 Å². The molecule has 0 aliphatic rings. The van der Waals surface area contributed by atoms with Gasteiger partial charge in [-0.05, 0) is 25.0 Å². The molecule has 0 aliphatic carbocycles. The van der Waals surface area contributed by atoms with Crippen LogP contribution in [0.4, 0.5) is 0 Å². The van der Waals surface area contributed by atoms with E-state index in [4.69, 9.17) is 4.74 Å². The molecule has 1 aromatic rings. The van der Waals surface area contributed by atoms with E-state index < -0.39 is 6.10 Å². The van der Waals surface area contributed by atoms with E-state index in [-0.39, 0.29) is 0 Å². The van der Waals surface area contributed by atoms with E-state index in [1.165, 1.54) is 0 Å². The number of ether oxygens (including phenoxy) is 1. The second-order valence-corrected chi connectivity index (χ2v) is 5.27. The Morgan fingerprint density at radius 3 is 2.47 bits per heavy atom. The Morgan fingerprint density at radius 1 is 1.29 bits per heavy atom. The molecular formula is C14H21BrO2. The number of hydrogen-bond acceptors (Lipinski definition) is 2. The molecule has 0 amide bonds. The Labute approximate surface area is 112 Å². The maximum Gasteiger partial charge on any atom is 0.126 e. The van der Waals surface area contributed by atoms with Gasteiger partial charge in [0, 0.05) is 10.0 Å². The number of aliphatic hydroxyl groups excluding tert-OH is 1. The van der Waals surface area contributed by atoms with Crippen LogP contribution in [0, 0.1) is 5.92 Å². The largest absolute Gasteiger partial charge is 0.493 e. The zero-order valence-electron chi connectivity index (χ0n) is 10.7. The monoisotopic (exact) mass is 300 g/mol. The third kappa shape index (κ3) is 4.32. The third-order valence-electron chi connectivity index (χ3n) is 3.05. The molecule has 2 nitrogen and oxygen atoms in total. The average Bonchev–Trinajstić information content (AvgIpc) is 2.30. The van der Waals surface area contributed by atoms with E-state index in [0.29, 0.717) is 12.5 Å². The van der Waals surface area contributed by atoms with Gasteiger partial charge in [-0.2, -0.15) is 0 Å². The fourth-order valence-corrected chi connectivity index (χ4v) is 2.05. The first-order valence-corrected chi connectivity index (χ1v) is 6.98. The maximum absolute atomic E-state index is 9.68. The molecule has 3 heteroatoms. The fraction of sp³-hybridized carbons (Fsp3) is 0.571. The Bertz CT molecular complexity index is 346. The molecule has 0 bridgehead atoms. The van der Waals surface area contributed by atoms with Crippen LogP contribution in [0.25, 0.3) is 0 Å². The maximum atomic E-state index is 9.68. The topological polar surface area (TPSA) is 29.5 Å². The van der Waals surface area contributed by atoms with E-state index in [1.807, 2.05) is 18.2 Å². The molecule has 0 spiro atoms. The Balaban J connectivity index is 2.78. The van der Waals surface area contributed by atoms with Crippen LogP contribution in [0.2, 0.25) is 0 Å². The summed E-state index contributed by atoms with van der Waals surface area (Å²) in [6, 6.07) is 5.74. The average molecular weight is 301 g/mol. The van der Waals surface area contributed by atoms with Crippen molar-refractivity contribution >= 4 is 15.9 Å². The second-order valence-electron chi connectivity index (χ2n) is 4.35. The highest BCUT2D eigenvalue weighted by Gasteiger charge is 2.11. The smallest absolute Gasteiger partial charge is 0.126 e. The number of hydrogen-bond donors (Lipinski definition) is 1. The van der Waals surface area contributed by atoms with Gasteiger partial charge in [-0.1, -0.05) is 48.7 Å². The number of aliphatic hydroxyl groups is 1. The van der Waals surface area contributed by atoms with Gasteiger partial charge in [-0.3, -0.25) is 0 Å². The summed E-state index contributed by atoms with van der Waals surface area (Å²) >= 11 is 3.42. The van der Waals surface area contributed by atoms with Crippen molar-refractivity contribution in [3.63, 3.8) is 0 Å². The van der Waals surface area contributed by atoms with Crippen molar-refractivity contribution in [3.8, 4) is 5.75 Å². The lowest BCUT2D eigenvalue weighted by Crippen LogP contribution is -2.11. The van der Waals surface area contributed by atoms with Gasteiger partial charge in [0.15, 0.2) is 0 Å². The second kappa shape index (κ2) is 7.02. The van der Waals surface area contributed by atoms with Crippen LogP contribution < -0.4 is 4.74 Å². The summed E-state index contributed by atoms with van der Waals surface area (Å²) in [7, 11) is 0. The van der Waals surface area contributed by atoms with Crippen molar-refractivity contribution in [1.29, 1.82) is 0 Å². The Morgan fingerprint density at radius 2 is 1.94 bits per heavy atom. The molecule has 0 saturated carbocycles. The van der Waals surface area contributed by atoms with E-state index in [9.17, 15) is 5.11 Å². The Kier molecular flexibility index (Phi) is 6.00. The molecule has 1 rings (SSSR count). The van der Waals surface area contributed by atoms with E-state index >= 15 is 0 Å². The molecule has 0 aromatic heterocycles. The SMILES string of the molecule is CCC(CC)COc1cc(Br)ccc1C(C)O. The van der Waals surface area contributed by atoms with Crippen molar-refractivity contribution < 1.29 is 9.84 Å². The van der Waals surface area contributed by atoms with Gasteiger partial charge in [0.2, 0.25) is 0 Å². The van der Waals surface area contributed by atoms with Crippen LogP contribution in [-0.4, -0.2) is 11.7 Å².